The monoisotopic (exact) mass is 196 g/mol. The number of hydrogen-bond acceptors (Lipinski definition) is 2. The Labute approximate surface area is 83.3 Å². The van der Waals surface area contributed by atoms with Crippen molar-refractivity contribution in [3.8, 4) is 0 Å². The maximum absolute atomic E-state index is 5.80. The molecule has 1 heterocycles. The van der Waals surface area contributed by atoms with Crippen LogP contribution in [0.2, 0.25) is 5.02 Å². The van der Waals surface area contributed by atoms with E-state index in [0.717, 1.165) is 24.1 Å². The Hall–Kier alpha value is -0.760. The molecule has 0 amide bonds. The molecule has 0 aromatic carbocycles. The molecule has 1 aromatic rings. The van der Waals surface area contributed by atoms with Gasteiger partial charge in [-0.25, -0.2) is 0 Å². The largest absolute Gasteiger partial charge is 0.383 e. The van der Waals surface area contributed by atoms with Crippen LogP contribution in [0, 0.1) is 11.8 Å². The maximum Gasteiger partial charge on any atom is 0.0609 e. The average molecular weight is 197 g/mol. The van der Waals surface area contributed by atoms with E-state index >= 15 is 0 Å². The van der Waals surface area contributed by atoms with Gasteiger partial charge < -0.3 is 5.32 Å². The van der Waals surface area contributed by atoms with E-state index in [0.29, 0.717) is 5.02 Å². The molecule has 1 aliphatic rings. The van der Waals surface area contributed by atoms with Crippen LogP contribution in [-0.2, 0) is 0 Å². The number of rotatable bonds is 3. The molecule has 2 unspecified atom stereocenters. The predicted molar refractivity (Wildman–Crippen MR) is 55.0 cm³/mol. The number of nitrogens with zero attached hydrogens (tertiary/aromatic N) is 1. The van der Waals surface area contributed by atoms with Crippen molar-refractivity contribution in [2.45, 2.75) is 13.3 Å². The van der Waals surface area contributed by atoms with Crippen molar-refractivity contribution in [1.82, 2.24) is 4.98 Å². The minimum Gasteiger partial charge on any atom is -0.383 e. The van der Waals surface area contributed by atoms with Gasteiger partial charge in [0.15, 0.2) is 0 Å². The molecule has 2 nitrogen and oxygen atoms in total. The molecule has 13 heavy (non-hydrogen) atoms. The fourth-order valence-corrected chi connectivity index (χ4v) is 1.61. The summed E-state index contributed by atoms with van der Waals surface area (Å²) in [7, 11) is 0. The summed E-state index contributed by atoms with van der Waals surface area (Å²) in [6.07, 6.45) is 4.80. The molecule has 3 heteroatoms. The Balaban J connectivity index is 1.87. The van der Waals surface area contributed by atoms with Gasteiger partial charge >= 0.3 is 0 Å². The van der Waals surface area contributed by atoms with E-state index in [1.165, 1.54) is 6.42 Å². The summed E-state index contributed by atoms with van der Waals surface area (Å²) in [5.74, 6) is 1.73. The summed E-state index contributed by atoms with van der Waals surface area (Å²) in [5.41, 5.74) is 1.02. The summed E-state index contributed by atoms with van der Waals surface area (Å²) >= 11 is 5.80. The minimum absolute atomic E-state index is 0.689. The Kier molecular flexibility index (Phi) is 2.40. The van der Waals surface area contributed by atoms with Crippen LogP contribution in [0.25, 0.3) is 0 Å². The number of nitrogens with one attached hydrogen (secondary N) is 1. The molecule has 0 radical (unpaired) electrons. The molecule has 1 saturated carbocycles. The SMILES string of the molecule is CC1CC1CNc1cncc(Cl)c1. The Bertz CT molecular complexity index is 301. The molecule has 1 fully saturated rings. The molecule has 70 valence electrons. The van der Waals surface area contributed by atoms with E-state index in [9.17, 15) is 0 Å². The third-order valence-corrected chi connectivity index (χ3v) is 2.76. The summed E-state index contributed by atoms with van der Waals surface area (Å²) in [6, 6.07) is 1.90. The Morgan fingerprint density at radius 1 is 1.62 bits per heavy atom. The quantitative estimate of drug-likeness (QED) is 0.804. The molecular weight excluding hydrogens is 184 g/mol. The van der Waals surface area contributed by atoms with E-state index in [1.54, 1.807) is 12.4 Å². The number of hydrogen-bond donors (Lipinski definition) is 1. The molecular formula is C10H13ClN2. The van der Waals surface area contributed by atoms with Gasteiger partial charge in [-0.2, -0.15) is 0 Å². The Morgan fingerprint density at radius 3 is 3.00 bits per heavy atom. The third-order valence-electron chi connectivity index (χ3n) is 2.55. The first-order chi connectivity index (χ1) is 6.25. The van der Waals surface area contributed by atoms with Gasteiger partial charge in [0.25, 0.3) is 0 Å². The van der Waals surface area contributed by atoms with Crippen LogP contribution >= 0.6 is 11.6 Å². The van der Waals surface area contributed by atoms with Crippen molar-refractivity contribution < 1.29 is 0 Å². The van der Waals surface area contributed by atoms with E-state index in [2.05, 4.69) is 17.2 Å². The van der Waals surface area contributed by atoms with Gasteiger partial charge in [0.1, 0.15) is 0 Å². The van der Waals surface area contributed by atoms with Crippen molar-refractivity contribution in [2.24, 2.45) is 11.8 Å². The summed E-state index contributed by atoms with van der Waals surface area (Å²) < 4.78 is 0. The van der Waals surface area contributed by atoms with Crippen molar-refractivity contribution in [3.05, 3.63) is 23.5 Å². The maximum atomic E-state index is 5.80. The fraction of sp³-hybridized carbons (Fsp3) is 0.500. The zero-order valence-corrected chi connectivity index (χ0v) is 8.38. The van der Waals surface area contributed by atoms with E-state index in [-0.39, 0.29) is 0 Å². The Morgan fingerprint density at radius 2 is 2.38 bits per heavy atom. The van der Waals surface area contributed by atoms with Gasteiger partial charge in [0.05, 0.1) is 16.9 Å². The van der Waals surface area contributed by atoms with Gasteiger partial charge in [0, 0.05) is 12.7 Å². The van der Waals surface area contributed by atoms with Crippen LogP contribution in [0.1, 0.15) is 13.3 Å². The topological polar surface area (TPSA) is 24.9 Å². The zero-order valence-electron chi connectivity index (χ0n) is 7.63. The lowest BCUT2D eigenvalue weighted by Gasteiger charge is -2.04. The van der Waals surface area contributed by atoms with Crippen molar-refractivity contribution >= 4 is 17.3 Å². The van der Waals surface area contributed by atoms with Crippen LogP contribution in [0.3, 0.4) is 0 Å². The molecule has 0 spiro atoms. The number of anilines is 1. The van der Waals surface area contributed by atoms with Gasteiger partial charge in [-0.05, 0) is 24.3 Å². The lowest BCUT2D eigenvalue weighted by Crippen LogP contribution is -2.04. The first-order valence-corrected chi connectivity index (χ1v) is 4.98. The van der Waals surface area contributed by atoms with Crippen LogP contribution < -0.4 is 5.32 Å². The smallest absolute Gasteiger partial charge is 0.0609 e. The van der Waals surface area contributed by atoms with Crippen molar-refractivity contribution in [1.29, 1.82) is 0 Å². The summed E-state index contributed by atoms with van der Waals surface area (Å²) in [5, 5.41) is 4.02. The lowest BCUT2D eigenvalue weighted by atomic mass is 10.3. The number of pyridine rings is 1. The minimum atomic E-state index is 0.689. The highest BCUT2D eigenvalue weighted by atomic mass is 35.5. The first kappa shape index (κ1) is 8.82. The van der Waals surface area contributed by atoms with E-state index < -0.39 is 0 Å². The van der Waals surface area contributed by atoms with Gasteiger partial charge in [-0.3, -0.25) is 4.98 Å². The highest BCUT2D eigenvalue weighted by Gasteiger charge is 2.31. The van der Waals surface area contributed by atoms with Crippen molar-refractivity contribution in [3.63, 3.8) is 0 Å². The normalized spacial score (nSPS) is 25.7. The summed E-state index contributed by atoms with van der Waals surface area (Å²) in [6.45, 7) is 3.33. The van der Waals surface area contributed by atoms with Gasteiger partial charge in [-0.15, -0.1) is 0 Å². The zero-order chi connectivity index (χ0) is 9.26. The molecule has 1 aliphatic carbocycles. The highest BCUT2D eigenvalue weighted by molar-refractivity contribution is 6.30. The van der Waals surface area contributed by atoms with Gasteiger partial charge in [0.2, 0.25) is 0 Å². The number of aromatic nitrogens is 1. The first-order valence-electron chi connectivity index (χ1n) is 4.60. The second kappa shape index (κ2) is 3.54. The van der Waals surface area contributed by atoms with E-state index in [1.807, 2.05) is 6.07 Å². The number of halogens is 1. The molecule has 2 rings (SSSR count). The average Bonchev–Trinajstić information content (AvgIpc) is 2.79. The molecule has 1 N–H and O–H groups in total. The summed E-state index contributed by atoms with van der Waals surface area (Å²) in [4.78, 5) is 4.01. The van der Waals surface area contributed by atoms with Crippen LogP contribution in [0.4, 0.5) is 5.69 Å². The van der Waals surface area contributed by atoms with Crippen molar-refractivity contribution in [2.75, 3.05) is 11.9 Å². The standard InChI is InChI=1S/C10H13ClN2/c1-7-2-8(7)4-13-10-3-9(11)5-12-6-10/h3,5-8,13H,2,4H2,1H3. The molecule has 1 aromatic heterocycles. The molecule has 0 aliphatic heterocycles. The highest BCUT2D eigenvalue weighted by Crippen LogP contribution is 2.37. The second-order valence-corrected chi connectivity index (χ2v) is 4.18. The van der Waals surface area contributed by atoms with Gasteiger partial charge in [-0.1, -0.05) is 18.5 Å². The molecule has 0 saturated heterocycles. The second-order valence-electron chi connectivity index (χ2n) is 3.75. The third kappa shape index (κ3) is 2.34. The lowest BCUT2D eigenvalue weighted by molar-refractivity contribution is 0.787. The fourth-order valence-electron chi connectivity index (χ4n) is 1.44. The van der Waals surface area contributed by atoms with Crippen LogP contribution in [0.5, 0.6) is 0 Å². The molecule has 0 bridgehead atoms. The van der Waals surface area contributed by atoms with Crippen LogP contribution in [0.15, 0.2) is 18.5 Å². The molecule has 2 atom stereocenters. The van der Waals surface area contributed by atoms with E-state index in [4.69, 9.17) is 11.6 Å². The van der Waals surface area contributed by atoms with Crippen LogP contribution in [-0.4, -0.2) is 11.5 Å². The predicted octanol–water partition coefficient (Wildman–Crippen LogP) is 2.80.